The Labute approximate surface area is 200 Å². The van der Waals surface area contributed by atoms with Crippen molar-refractivity contribution >= 4 is 34.4 Å². The first-order valence-electron chi connectivity index (χ1n) is 10.9. The molecule has 1 aliphatic heterocycles. The van der Waals surface area contributed by atoms with Gasteiger partial charge in [-0.05, 0) is 56.7 Å². The number of oxazole rings is 1. The van der Waals surface area contributed by atoms with E-state index in [4.69, 9.17) is 9.15 Å². The molecule has 1 atom stereocenters. The number of nitrogens with zero attached hydrogens (tertiary/aromatic N) is 3. The van der Waals surface area contributed by atoms with Crippen LogP contribution in [0.3, 0.4) is 0 Å². The zero-order valence-corrected chi connectivity index (χ0v) is 20.3. The van der Waals surface area contributed by atoms with Gasteiger partial charge in [-0.3, -0.25) is 9.36 Å². The molecule has 0 saturated carbocycles. The van der Waals surface area contributed by atoms with E-state index in [-0.39, 0.29) is 24.9 Å². The summed E-state index contributed by atoms with van der Waals surface area (Å²) in [5.74, 6) is -1.00. The van der Waals surface area contributed by atoms with Gasteiger partial charge in [-0.1, -0.05) is 0 Å². The number of aromatic nitrogens is 1. The Morgan fingerprint density at radius 2 is 2.03 bits per heavy atom. The summed E-state index contributed by atoms with van der Waals surface area (Å²) in [6.07, 6.45) is -0.0600. The van der Waals surface area contributed by atoms with E-state index in [0.29, 0.717) is 17.5 Å². The number of fused-ring (bicyclic) bond motifs is 1. The summed E-state index contributed by atoms with van der Waals surface area (Å²) in [4.78, 5) is 39.7. The maximum Gasteiger partial charge on any atom is 0.419 e. The van der Waals surface area contributed by atoms with Gasteiger partial charge in [0.2, 0.25) is 5.91 Å². The summed E-state index contributed by atoms with van der Waals surface area (Å²) in [5.41, 5.74) is 1.59. The normalized spacial score (nSPS) is 15.0. The van der Waals surface area contributed by atoms with Crippen LogP contribution in [-0.4, -0.2) is 46.2 Å². The summed E-state index contributed by atoms with van der Waals surface area (Å²) in [6.45, 7) is 5.93. The molecule has 0 spiro atoms. The standard InChI is InChI=1S/C24H26N4O5S/c1-24(2,3)33-23(31)28-12-15(13-28)21(29)26-16(11-25)10-17-6-8-20(34-17)14-5-7-19-18(9-14)27(4)22(30)32-19/h5-9,15-16H,10,12-13H2,1-4H3,(H,26,29)/t16-/m0/s1. The molecule has 3 heterocycles. The van der Waals surface area contributed by atoms with Gasteiger partial charge >= 0.3 is 11.8 Å². The number of aryl methyl sites for hydroxylation is 1. The first kappa shape index (κ1) is 23.6. The van der Waals surface area contributed by atoms with E-state index < -0.39 is 23.5 Å². The second kappa shape index (κ2) is 8.99. The first-order chi connectivity index (χ1) is 16.0. The quantitative estimate of drug-likeness (QED) is 0.596. The number of nitriles is 1. The minimum Gasteiger partial charge on any atom is -0.444 e. The van der Waals surface area contributed by atoms with Gasteiger partial charge < -0.3 is 19.4 Å². The van der Waals surface area contributed by atoms with Crippen LogP contribution in [0.25, 0.3) is 21.5 Å². The average molecular weight is 483 g/mol. The highest BCUT2D eigenvalue weighted by Crippen LogP contribution is 2.31. The highest BCUT2D eigenvalue weighted by molar-refractivity contribution is 7.15. The largest absolute Gasteiger partial charge is 0.444 e. The maximum atomic E-state index is 12.5. The Bertz CT molecular complexity index is 1330. The fourth-order valence-corrected chi connectivity index (χ4v) is 4.71. The fraction of sp³-hybridized carbons (Fsp3) is 0.417. The van der Waals surface area contributed by atoms with Crippen molar-refractivity contribution in [3.63, 3.8) is 0 Å². The number of benzene rings is 1. The number of likely N-dealkylation sites (tertiary alicyclic amines) is 1. The zero-order valence-electron chi connectivity index (χ0n) is 19.5. The number of ether oxygens (including phenoxy) is 1. The third kappa shape index (κ3) is 4.99. The second-order valence-electron chi connectivity index (χ2n) is 9.35. The molecule has 1 aromatic carbocycles. The third-order valence-electron chi connectivity index (χ3n) is 5.52. The van der Waals surface area contributed by atoms with Crippen LogP contribution in [0.1, 0.15) is 25.6 Å². The second-order valence-corrected chi connectivity index (χ2v) is 10.5. The number of hydrogen-bond donors (Lipinski definition) is 1. The van der Waals surface area contributed by atoms with Gasteiger partial charge in [-0.2, -0.15) is 5.26 Å². The predicted molar refractivity (Wildman–Crippen MR) is 127 cm³/mol. The Kier molecular flexibility index (Phi) is 6.23. The SMILES string of the molecule is Cn1c(=O)oc2ccc(-c3ccc(C[C@@H](C#N)NC(=O)C4CN(C(=O)OC(C)(C)C)C4)s3)cc21. The fourth-order valence-electron chi connectivity index (χ4n) is 3.66. The van der Waals surface area contributed by atoms with Crippen molar-refractivity contribution in [1.29, 1.82) is 5.26 Å². The Morgan fingerprint density at radius 1 is 1.29 bits per heavy atom. The number of nitrogens with one attached hydrogen (secondary N) is 1. The molecular weight excluding hydrogens is 456 g/mol. The lowest BCUT2D eigenvalue weighted by molar-refractivity contribution is -0.130. The van der Waals surface area contributed by atoms with Crippen LogP contribution < -0.4 is 11.1 Å². The average Bonchev–Trinajstić information content (AvgIpc) is 3.29. The molecule has 10 heteroatoms. The Morgan fingerprint density at radius 3 is 2.71 bits per heavy atom. The molecule has 9 nitrogen and oxygen atoms in total. The van der Waals surface area contributed by atoms with E-state index >= 15 is 0 Å². The molecule has 1 N–H and O–H groups in total. The molecule has 1 aliphatic rings. The molecule has 178 valence electrons. The van der Waals surface area contributed by atoms with Gasteiger partial charge in [0.15, 0.2) is 5.58 Å². The van der Waals surface area contributed by atoms with Crippen LogP contribution in [0.5, 0.6) is 0 Å². The van der Waals surface area contributed by atoms with E-state index in [9.17, 15) is 19.6 Å². The summed E-state index contributed by atoms with van der Waals surface area (Å²) in [6, 6.07) is 10.9. The van der Waals surface area contributed by atoms with Crippen molar-refractivity contribution in [3.8, 4) is 16.5 Å². The van der Waals surface area contributed by atoms with E-state index in [1.165, 1.54) is 20.8 Å². The topological polar surface area (TPSA) is 118 Å². The third-order valence-corrected chi connectivity index (χ3v) is 6.68. The smallest absolute Gasteiger partial charge is 0.419 e. The van der Waals surface area contributed by atoms with Crippen molar-refractivity contribution in [3.05, 3.63) is 45.8 Å². The summed E-state index contributed by atoms with van der Waals surface area (Å²) >= 11 is 1.53. The minimum absolute atomic E-state index is 0.241. The number of carbonyl (C=O) groups is 2. The number of amides is 2. The molecule has 1 fully saturated rings. The molecule has 0 radical (unpaired) electrons. The van der Waals surface area contributed by atoms with Crippen LogP contribution in [0.4, 0.5) is 4.79 Å². The Balaban J connectivity index is 1.35. The zero-order chi connectivity index (χ0) is 24.6. The maximum absolute atomic E-state index is 12.5. The molecule has 34 heavy (non-hydrogen) atoms. The van der Waals surface area contributed by atoms with Gasteiger partial charge in [0.25, 0.3) is 0 Å². The number of thiophene rings is 1. The molecule has 0 bridgehead atoms. The summed E-state index contributed by atoms with van der Waals surface area (Å²) in [5, 5.41) is 12.3. The predicted octanol–water partition coefficient (Wildman–Crippen LogP) is 3.28. The summed E-state index contributed by atoms with van der Waals surface area (Å²) < 4.78 is 11.9. The number of carbonyl (C=O) groups excluding carboxylic acids is 2. The number of hydrogen-bond acceptors (Lipinski definition) is 7. The van der Waals surface area contributed by atoms with Crippen molar-refractivity contribution in [1.82, 2.24) is 14.8 Å². The van der Waals surface area contributed by atoms with E-state index in [1.807, 2.05) is 24.3 Å². The lowest BCUT2D eigenvalue weighted by Gasteiger charge is -2.39. The van der Waals surface area contributed by atoms with Gasteiger partial charge in [-0.15, -0.1) is 11.3 Å². The minimum atomic E-state index is -0.674. The van der Waals surface area contributed by atoms with Crippen molar-refractivity contribution < 1.29 is 18.7 Å². The Hall–Kier alpha value is -3.58. The molecule has 2 amide bonds. The van der Waals surface area contributed by atoms with Crippen molar-refractivity contribution in [2.75, 3.05) is 13.1 Å². The molecule has 1 saturated heterocycles. The monoisotopic (exact) mass is 482 g/mol. The van der Waals surface area contributed by atoms with Crippen LogP contribution in [0.2, 0.25) is 0 Å². The van der Waals surface area contributed by atoms with Crippen LogP contribution in [0, 0.1) is 17.2 Å². The molecule has 3 aromatic rings. The van der Waals surface area contributed by atoms with Crippen molar-refractivity contribution in [2.24, 2.45) is 13.0 Å². The van der Waals surface area contributed by atoms with Crippen molar-refractivity contribution in [2.45, 2.75) is 38.8 Å². The first-order valence-corrected chi connectivity index (χ1v) is 11.7. The van der Waals surface area contributed by atoms with Gasteiger partial charge in [0, 0.05) is 36.3 Å². The van der Waals surface area contributed by atoms with Gasteiger partial charge in [-0.25, -0.2) is 9.59 Å². The van der Waals surface area contributed by atoms with Crippen LogP contribution in [-0.2, 0) is 23.0 Å². The lowest BCUT2D eigenvalue weighted by Crippen LogP contribution is -2.57. The van der Waals surface area contributed by atoms with E-state index in [1.54, 1.807) is 33.9 Å². The van der Waals surface area contributed by atoms with E-state index in [0.717, 1.165) is 15.3 Å². The molecule has 0 aliphatic carbocycles. The van der Waals surface area contributed by atoms with E-state index in [2.05, 4.69) is 11.4 Å². The lowest BCUT2D eigenvalue weighted by atomic mass is 9.99. The molecule has 0 unspecified atom stereocenters. The highest BCUT2D eigenvalue weighted by Gasteiger charge is 2.38. The molecule has 4 rings (SSSR count). The van der Waals surface area contributed by atoms with Crippen LogP contribution >= 0.6 is 11.3 Å². The van der Waals surface area contributed by atoms with Gasteiger partial charge in [0.1, 0.15) is 11.6 Å². The number of rotatable bonds is 5. The molecular formula is C24H26N4O5S. The van der Waals surface area contributed by atoms with Gasteiger partial charge in [0.05, 0.1) is 17.5 Å². The highest BCUT2D eigenvalue weighted by atomic mass is 32.1. The van der Waals surface area contributed by atoms with Crippen LogP contribution in [0.15, 0.2) is 39.5 Å². The molecule has 2 aromatic heterocycles. The summed E-state index contributed by atoms with van der Waals surface area (Å²) in [7, 11) is 1.66.